The van der Waals surface area contributed by atoms with Gasteiger partial charge in [0, 0.05) is 41.5 Å². The van der Waals surface area contributed by atoms with Crippen LogP contribution in [0.2, 0.25) is 0 Å². The van der Waals surface area contributed by atoms with Gasteiger partial charge in [-0.3, -0.25) is 9.48 Å². The van der Waals surface area contributed by atoms with Gasteiger partial charge in [0.2, 0.25) is 0 Å². The van der Waals surface area contributed by atoms with Crippen LogP contribution in [0.5, 0.6) is 0 Å². The van der Waals surface area contributed by atoms with Crippen LogP contribution in [0, 0.1) is 6.92 Å². The molecule has 0 aliphatic carbocycles. The van der Waals surface area contributed by atoms with Crippen molar-refractivity contribution in [3.63, 3.8) is 0 Å². The molecule has 4 heterocycles. The quantitative estimate of drug-likeness (QED) is 0.562. The zero-order chi connectivity index (χ0) is 21.0. The van der Waals surface area contributed by atoms with Crippen LogP contribution in [-0.4, -0.2) is 32.5 Å². The van der Waals surface area contributed by atoms with Gasteiger partial charge in [-0.05, 0) is 24.1 Å². The second-order valence-electron chi connectivity index (χ2n) is 8.82. The van der Waals surface area contributed by atoms with Crippen LogP contribution >= 0.6 is 0 Å². The third-order valence-electron chi connectivity index (χ3n) is 6.32. The number of rotatable bonds is 4. The van der Waals surface area contributed by atoms with Crippen molar-refractivity contribution in [2.75, 3.05) is 13.2 Å². The molecular formula is C24H26N4O2. The van der Waals surface area contributed by atoms with Crippen LogP contribution in [0.3, 0.4) is 0 Å². The molecule has 0 spiro atoms. The lowest BCUT2D eigenvalue weighted by Gasteiger charge is -2.27. The fourth-order valence-corrected chi connectivity index (χ4v) is 4.17. The van der Waals surface area contributed by atoms with Crippen molar-refractivity contribution in [3.8, 4) is 11.3 Å². The highest BCUT2D eigenvalue weighted by molar-refractivity contribution is 5.89. The number of aromatic nitrogens is 4. The molecule has 1 fully saturated rings. The Labute approximate surface area is 175 Å². The summed E-state index contributed by atoms with van der Waals surface area (Å²) in [6.07, 6.45) is 5.84. The van der Waals surface area contributed by atoms with E-state index in [1.807, 2.05) is 30.3 Å². The first kappa shape index (κ1) is 18.9. The fraction of sp³-hybridized carbons (Fsp3) is 0.333. The summed E-state index contributed by atoms with van der Waals surface area (Å²) < 4.78 is 8.88. The lowest BCUT2D eigenvalue weighted by atomic mass is 9.77. The fourth-order valence-electron chi connectivity index (χ4n) is 4.17. The SMILES string of the molecule is Cc1ccc(C(C)(C)c2cn(C)c(=O)c3[nH]c(-c4cnn(C5COC5)c4)cc23)cc1. The summed E-state index contributed by atoms with van der Waals surface area (Å²) in [5.41, 5.74) is 5.78. The van der Waals surface area contributed by atoms with Gasteiger partial charge in [0.15, 0.2) is 0 Å². The minimum atomic E-state index is -0.260. The monoisotopic (exact) mass is 402 g/mol. The lowest BCUT2D eigenvalue weighted by Crippen LogP contribution is -2.30. The molecule has 30 heavy (non-hydrogen) atoms. The molecule has 1 aromatic carbocycles. The van der Waals surface area contributed by atoms with Gasteiger partial charge < -0.3 is 14.3 Å². The highest BCUT2D eigenvalue weighted by Crippen LogP contribution is 2.37. The van der Waals surface area contributed by atoms with Gasteiger partial charge in [0.25, 0.3) is 5.56 Å². The highest BCUT2D eigenvalue weighted by atomic mass is 16.5. The Hall–Kier alpha value is -3.12. The molecule has 0 bridgehead atoms. The minimum Gasteiger partial charge on any atom is -0.377 e. The van der Waals surface area contributed by atoms with E-state index in [0.29, 0.717) is 24.8 Å². The molecule has 4 aromatic rings. The molecule has 0 unspecified atom stereocenters. The number of nitrogens with one attached hydrogen (secondary N) is 1. The molecule has 0 saturated carbocycles. The van der Waals surface area contributed by atoms with Crippen LogP contribution in [-0.2, 0) is 17.2 Å². The molecule has 3 aromatic heterocycles. The van der Waals surface area contributed by atoms with Gasteiger partial charge in [-0.15, -0.1) is 0 Å². The van der Waals surface area contributed by atoms with Crippen LogP contribution in [0.25, 0.3) is 22.2 Å². The molecule has 1 saturated heterocycles. The van der Waals surface area contributed by atoms with Crippen molar-refractivity contribution >= 4 is 10.9 Å². The first-order valence-corrected chi connectivity index (χ1v) is 10.3. The maximum Gasteiger partial charge on any atom is 0.274 e. The van der Waals surface area contributed by atoms with E-state index >= 15 is 0 Å². The van der Waals surface area contributed by atoms with Crippen molar-refractivity contribution < 1.29 is 4.74 Å². The minimum absolute atomic E-state index is 0.0282. The summed E-state index contributed by atoms with van der Waals surface area (Å²) in [7, 11) is 1.81. The van der Waals surface area contributed by atoms with Crippen molar-refractivity contribution in [1.82, 2.24) is 19.3 Å². The average molecular weight is 402 g/mol. The van der Waals surface area contributed by atoms with E-state index in [0.717, 1.165) is 22.2 Å². The molecule has 154 valence electrons. The Morgan fingerprint density at radius 2 is 1.90 bits per heavy atom. The molecule has 6 nitrogen and oxygen atoms in total. The Morgan fingerprint density at radius 1 is 1.17 bits per heavy atom. The summed E-state index contributed by atoms with van der Waals surface area (Å²) in [5, 5.41) is 5.44. The van der Waals surface area contributed by atoms with E-state index in [2.05, 4.69) is 61.2 Å². The summed E-state index contributed by atoms with van der Waals surface area (Å²) >= 11 is 0. The zero-order valence-corrected chi connectivity index (χ0v) is 17.8. The van der Waals surface area contributed by atoms with Crippen molar-refractivity contribution in [2.45, 2.75) is 32.2 Å². The van der Waals surface area contributed by atoms with Gasteiger partial charge in [0.1, 0.15) is 5.52 Å². The predicted molar refractivity (Wildman–Crippen MR) is 118 cm³/mol. The Bertz CT molecular complexity index is 1290. The second-order valence-corrected chi connectivity index (χ2v) is 8.82. The average Bonchev–Trinajstić information content (AvgIpc) is 3.31. The third-order valence-corrected chi connectivity index (χ3v) is 6.32. The van der Waals surface area contributed by atoms with Crippen LogP contribution in [0.1, 0.15) is 36.6 Å². The number of aryl methyl sites for hydroxylation is 2. The number of H-pyrrole nitrogens is 1. The number of ether oxygens (including phenoxy) is 1. The Kier molecular flexibility index (Phi) is 4.22. The smallest absolute Gasteiger partial charge is 0.274 e. The zero-order valence-electron chi connectivity index (χ0n) is 17.8. The van der Waals surface area contributed by atoms with Gasteiger partial charge in [-0.1, -0.05) is 43.7 Å². The van der Waals surface area contributed by atoms with E-state index in [4.69, 9.17) is 4.74 Å². The van der Waals surface area contributed by atoms with Gasteiger partial charge in [-0.25, -0.2) is 0 Å². The van der Waals surface area contributed by atoms with Crippen molar-refractivity contribution in [2.24, 2.45) is 7.05 Å². The molecule has 0 atom stereocenters. The van der Waals surface area contributed by atoms with Crippen molar-refractivity contribution in [3.05, 3.63) is 76.0 Å². The number of hydrogen-bond donors (Lipinski definition) is 1. The molecule has 0 amide bonds. The Balaban J connectivity index is 1.66. The maximum absolute atomic E-state index is 12.9. The van der Waals surface area contributed by atoms with Gasteiger partial charge in [-0.2, -0.15) is 5.10 Å². The first-order valence-electron chi connectivity index (χ1n) is 10.3. The highest BCUT2D eigenvalue weighted by Gasteiger charge is 2.28. The maximum atomic E-state index is 12.9. The van der Waals surface area contributed by atoms with E-state index in [-0.39, 0.29) is 11.0 Å². The van der Waals surface area contributed by atoms with Gasteiger partial charge >= 0.3 is 0 Å². The number of nitrogens with zero attached hydrogens (tertiary/aromatic N) is 3. The van der Waals surface area contributed by atoms with E-state index in [1.165, 1.54) is 11.1 Å². The largest absolute Gasteiger partial charge is 0.377 e. The van der Waals surface area contributed by atoms with Crippen LogP contribution < -0.4 is 5.56 Å². The topological polar surface area (TPSA) is 64.8 Å². The van der Waals surface area contributed by atoms with E-state index in [1.54, 1.807) is 4.57 Å². The predicted octanol–water partition coefficient (Wildman–Crippen LogP) is 3.94. The lowest BCUT2D eigenvalue weighted by molar-refractivity contribution is -0.0286. The molecule has 0 radical (unpaired) electrons. The molecule has 1 aliphatic heterocycles. The summed E-state index contributed by atoms with van der Waals surface area (Å²) in [5.74, 6) is 0. The second kappa shape index (κ2) is 6.71. The third kappa shape index (κ3) is 2.91. The number of pyridine rings is 1. The van der Waals surface area contributed by atoms with E-state index < -0.39 is 0 Å². The number of aromatic amines is 1. The molecular weight excluding hydrogens is 376 g/mol. The standard InChI is InChI=1S/C24H26N4O2/c1-15-5-7-17(8-6-15)24(2,3)20-12-27(4)23(29)22-19(20)9-21(26-22)16-10-25-28(11-16)18-13-30-14-18/h5-12,18,26H,13-14H2,1-4H3. The number of fused-ring (bicyclic) bond motifs is 1. The molecule has 5 rings (SSSR count). The summed E-state index contributed by atoms with van der Waals surface area (Å²) in [6, 6.07) is 11.0. The molecule has 1 N–H and O–H groups in total. The van der Waals surface area contributed by atoms with Crippen LogP contribution in [0.4, 0.5) is 0 Å². The number of benzene rings is 1. The molecule has 6 heteroatoms. The van der Waals surface area contributed by atoms with Gasteiger partial charge in [0.05, 0.1) is 25.5 Å². The molecule has 1 aliphatic rings. The summed E-state index contributed by atoms with van der Waals surface area (Å²) in [6.45, 7) is 7.90. The normalized spacial score (nSPS) is 14.9. The summed E-state index contributed by atoms with van der Waals surface area (Å²) in [4.78, 5) is 16.3. The first-order chi connectivity index (χ1) is 14.3. The van der Waals surface area contributed by atoms with E-state index in [9.17, 15) is 4.79 Å². The van der Waals surface area contributed by atoms with Crippen LogP contribution in [0.15, 0.2) is 53.7 Å². The Morgan fingerprint density at radius 3 is 2.57 bits per heavy atom. The number of hydrogen-bond acceptors (Lipinski definition) is 3. The van der Waals surface area contributed by atoms with Crippen molar-refractivity contribution in [1.29, 1.82) is 0 Å².